The molecule has 1 aromatic rings. The molecule has 6 nitrogen and oxygen atoms in total. The van der Waals surface area contributed by atoms with Gasteiger partial charge in [0.1, 0.15) is 4.90 Å². The van der Waals surface area contributed by atoms with Gasteiger partial charge in [-0.3, -0.25) is 9.78 Å². The molecular weight excluding hydrogens is 230 g/mol. The maximum Gasteiger partial charge on any atom is 0.244 e. The second kappa shape index (κ2) is 5.04. The van der Waals surface area contributed by atoms with E-state index in [-0.39, 0.29) is 17.3 Å². The molecule has 1 aromatic heterocycles. The van der Waals surface area contributed by atoms with Gasteiger partial charge in [-0.05, 0) is 12.1 Å². The maximum absolute atomic E-state index is 11.9. The van der Waals surface area contributed by atoms with E-state index in [1.54, 1.807) is 0 Å². The van der Waals surface area contributed by atoms with Crippen molar-refractivity contribution in [3.63, 3.8) is 0 Å². The first-order chi connectivity index (χ1) is 7.48. The van der Waals surface area contributed by atoms with Gasteiger partial charge in [0.15, 0.2) is 0 Å². The molecule has 0 aromatic carbocycles. The quantitative estimate of drug-likeness (QED) is 0.769. The van der Waals surface area contributed by atoms with Crippen LogP contribution in [0.3, 0.4) is 0 Å². The number of nitrogens with one attached hydrogen (secondary N) is 1. The number of nitrogens with zero attached hydrogens (tertiary/aromatic N) is 2. The molecule has 0 atom stereocenters. The van der Waals surface area contributed by atoms with E-state index in [1.165, 1.54) is 38.6 Å². The van der Waals surface area contributed by atoms with E-state index in [2.05, 4.69) is 10.3 Å². The van der Waals surface area contributed by atoms with Crippen molar-refractivity contribution in [2.75, 3.05) is 20.6 Å². The molecule has 1 N–H and O–H groups in total. The smallest absolute Gasteiger partial charge is 0.244 e. The molecule has 1 amide bonds. The van der Waals surface area contributed by atoms with Crippen LogP contribution in [0.15, 0.2) is 29.4 Å². The molecule has 0 saturated heterocycles. The topological polar surface area (TPSA) is 79.4 Å². The number of amides is 1. The molecule has 7 heteroatoms. The zero-order valence-corrected chi connectivity index (χ0v) is 9.86. The van der Waals surface area contributed by atoms with E-state index < -0.39 is 10.0 Å². The van der Waals surface area contributed by atoms with Crippen LogP contribution in [0.1, 0.15) is 0 Å². The van der Waals surface area contributed by atoms with Crippen LogP contribution < -0.4 is 5.32 Å². The van der Waals surface area contributed by atoms with Gasteiger partial charge < -0.3 is 5.32 Å². The molecule has 0 aliphatic heterocycles. The number of carbonyl (C=O) groups excluding carboxylic acids is 1. The summed E-state index contributed by atoms with van der Waals surface area (Å²) in [5, 5.41) is 2.36. The summed E-state index contributed by atoms with van der Waals surface area (Å²) in [5.74, 6) is -0.366. The van der Waals surface area contributed by atoms with Gasteiger partial charge in [0.25, 0.3) is 0 Å². The molecule has 1 heterocycles. The fourth-order valence-corrected chi connectivity index (χ4v) is 2.14. The highest BCUT2D eigenvalue weighted by atomic mass is 32.2. The van der Waals surface area contributed by atoms with Crippen LogP contribution in [-0.2, 0) is 14.8 Å². The molecule has 0 fully saturated rings. The Morgan fingerprint density at radius 1 is 1.56 bits per heavy atom. The minimum Gasteiger partial charge on any atom is -0.358 e. The van der Waals surface area contributed by atoms with E-state index >= 15 is 0 Å². The van der Waals surface area contributed by atoms with Gasteiger partial charge in [-0.2, -0.15) is 4.31 Å². The summed E-state index contributed by atoms with van der Waals surface area (Å²) in [6, 6.07) is 2.96. The minimum absolute atomic E-state index is 0.0707. The van der Waals surface area contributed by atoms with Crippen LogP contribution in [0, 0.1) is 0 Å². The third-order valence-electron chi connectivity index (χ3n) is 1.99. The summed E-state index contributed by atoms with van der Waals surface area (Å²) in [7, 11) is -0.838. The summed E-state index contributed by atoms with van der Waals surface area (Å²) < 4.78 is 24.8. The maximum atomic E-state index is 11.9. The molecule has 0 spiro atoms. The van der Waals surface area contributed by atoms with Crippen molar-refractivity contribution in [3.8, 4) is 0 Å². The Labute approximate surface area is 94.3 Å². The van der Waals surface area contributed by atoms with Crippen LogP contribution in [-0.4, -0.2) is 44.3 Å². The van der Waals surface area contributed by atoms with Gasteiger partial charge in [0, 0.05) is 26.5 Å². The third-order valence-corrected chi connectivity index (χ3v) is 3.77. The van der Waals surface area contributed by atoms with Crippen molar-refractivity contribution >= 4 is 15.9 Å². The summed E-state index contributed by atoms with van der Waals surface area (Å²) >= 11 is 0. The molecule has 0 radical (unpaired) electrons. The third kappa shape index (κ3) is 2.77. The van der Waals surface area contributed by atoms with Gasteiger partial charge in [-0.1, -0.05) is 0 Å². The summed E-state index contributed by atoms with van der Waals surface area (Å²) in [4.78, 5) is 14.9. The van der Waals surface area contributed by atoms with Crippen molar-refractivity contribution in [3.05, 3.63) is 24.5 Å². The lowest BCUT2D eigenvalue weighted by atomic mass is 10.5. The second-order valence-electron chi connectivity index (χ2n) is 3.12. The predicted molar refractivity (Wildman–Crippen MR) is 58.1 cm³/mol. The average molecular weight is 243 g/mol. The molecule has 0 aliphatic rings. The van der Waals surface area contributed by atoms with Gasteiger partial charge in [-0.25, -0.2) is 8.42 Å². The summed E-state index contributed by atoms with van der Waals surface area (Å²) in [5.41, 5.74) is 0. The number of aromatic nitrogens is 1. The summed E-state index contributed by atoms with van der Waals surface area (Å²) in [6.07, 6.45) is 2.73. The fraction of sp³-hybridized carbons (Fsp3) is 0.333. The first-order valence-electron chi connectivity index (χ1n) is 4.55. The number of carbonyl (C=O) groups is 1. The molecule has 0 bridgehead atoms. The van der Waals surface area contributed by atoms with Gasteiger partial charge in [0.05, 0.1) is 6.54 Å². The largest absolute Gasteiger partial charge is 0.358 e. The zero-order valence-electron chi connectivity index (χ0n) is 9.04. The molecule has 0 saturated carbocycles. The van der Waals surface area contributed by atoms with Gasteiger partial charge >= 0.3 is 0 Å². The monoisotopic (exact) mass is 243 g/mol. The van der Waals surface area contributed by atoms with Crippen LogP contribution in [0.25, 0.3) is 0 Å². The standard InChI is InChI=1S/C9H13N3O3S/c1-10-9(13)7-12(2)16(14,15)8-4-3-5-11-6-8/h3-6H,7H2,1-2H3,(H,10,13). The van der Waals surface area contributed by atoms with E-state index in [9.17, 15) is 13.2 Å². The molecule has 88 valence electrons. The number of hydrogen-bond acceptors (Lipinski definition) is 4. The highest BCUT2D eigenvalue weighted by Gasteiger charge is 2.22. The van der Waals surface area contributed by atoms with Crippen molar-refractivity contribution in [1.29, 1.82) is 0 Å². The van der Waals surface area contributed by atoms with Gasteiger partial charge in [0.2, 0.25) is 15.9 Å². The Morgan fingerprint density at radius 3 is 2.75 bits per heavy atom. The number of rotatable bonds is 4. The molecular formula is C9H13N3O3S. The lowest BCUT2D eigenvalue weighted by molar-refractivity contribution is -0.120. The van der Waals surface area contributed by atoms with Crippen molar-refractivity contribution in [2.45, 2.75) is 4.90 Å². The average Bonchev–Trinajstić information content (AvgIpc) is 2.29. The van der Waals surface area contributed by atoms with Crippen LogP contribution in [0.4, 0.5) is 0 Å². The fourth-order valence-electron chi connectivity index (χ4n) is 1.05. The van der Waals surface area contributed by atoms with Crippen LogP contribution >= 0.6 is 0 Å². The van der Waals surface area contributed by atoms with Crippen LogP contribution in [0.5, 0.6) is 0 Å². The molecule has 16 heavy (non-hydrogen) atoms. The highest BCUT2D eigenvalue weighted by Crippen LogP contribution is 2.11. The molecule has 0 unspecified atom stereocenters. The van der Waals surface area contributed by atoms with Gasteiger partial charge in [-0.15, -0.1) is 0 Å². The van der Waals surface area contributed by atoms with E-state index in [0.29, 0.717) is 0 Å². The minimum atomic E-state index is -3.63. The van der Waals surface area contributed by atoms with E-state index in [0.717, 1.165) is 4.31 Å². The Balaban J connectivity index is 2.91. The Hall–Kier alpha value is -1.47. The number of hydrogen-bond donors (Lipinski definition) is 1. The van der Waals surface area contributed by atoms with E-state index in [1.807, 2.05) is 0 Å². The normalized spacial score (nSPS) is 11.4. The van der Waals surface area contributed by atoms with E-state index in [4.69, 9.17) is 0 Å². The number of pyridine rings is 1. The SMILES string of the molecule is CNC(=O)CN(C)S(=O)(=O)c1cccnc1. The Kier molecular flexibility index (Phi) is 3.97. The molecule has 1 rings (SSSR count). The Morgan fingerprint density at radius 2 is 2.25 bits per heavy atom. The predicted octanol–water partition coefficient (Wildman–Crippen LogP) is -0.552. The number of sulfonamides is 1. The first kappa shape index (κ1) is 12.6. The first-order valence-corrected chi connectivity index (χ1v) is 5.99. The van der Waals surface area contributed by atoms with Crippen LogP contribution in [0.2, 0.25) is 0 Å². The lowest BCUT2D eigenvalue weighted by Crippen LogP contribution is -2.36. The van der Waals surface area contributed by atoms with Crippen molar-refractivity contribution in [2.24, 2.45) is 0 Å². The lowest BCUT2D eigenvalue weighted by Gasteiger charge is -2.15. The van der Waals surface area contributed by atoms with Crippen molar-refractivity contribution < 1.29 is 13.2 Å². The van der Waals surface area contributed by atoms with Crippen molar-refractivity contribution in [1.82, 2.24) is 14.6 Å². The highest BCUT2D eigenvalue weighted by molar-refractivity contribution is 7.89. The summed E-state index contributed by atoms with van der Waals surface area (Å²) in [6.45, 7) is -0.215. The Bertz CT molecular complexity index is 458. The molecule has 0 aliphatic carbocycles. The number of likely N-dealkylation sites (N-methyl/N-ethyl adjacent to an activating group) is 2. The zero-order chi connectivity index (χ0) is 12.2. The second-order valence-corrected chi connectivity index (χ2v) is 5.17.